The molecule has 0 saturated carbocycles. The number of nitrogens with zero attached hydrogens (tertiary/aromatic N) is 3. The fourth-order valence-corrected chi connectivity index (χ4v) is 3.15. The molecule has 0 aliphatic carbocycles. The molecule has 3 aromatic rings. The van der Waals surface area contributed by atoms with Crippen molar-refractivity contribution in [3.05, 3.63) is 57.5 Å². The number of nitrogens with one attached hydrogen (secondary N) is 1. The second kappa shape index (κ2) is 7.92. The molecule has 0 atom stereocenters. The van der Waals surface area contributed by atoms with E-state index in [1.54, 1.807) is 0 Å². The lowest BCUT2D eigenvalue weighted by molar-refractivity contribution is -0.116. The minimum Gasteiger partial charge on any atom is -0.326 e. The van der Waals surface area contributed by atoms with Crippen molar-refractivity contribution in [1.82, 2.24) is 14.3 Å². The van der Waals surface area contributed by atoms with Crippen LogP contribution in [0.25, 0.3) is 11.0 Å². The van der Waals surface area contributed by atoms with Gasteiger partial charge in [-0.1, -0.05) is 17.7 Å². The van der Waals surface area contributed by atoms with Gasteiger partial charge < -0.3 is 5.32 Å². The third-order valence-corrected chi connectivity index (χ3v) is 4.63. The zero-order chi connectivity index (χ0) is 20.4. The molecule has 0 aliphatic rings. The van der Waals surface area contributed by atoms with Crippen molar-refractivity contribution < 1.29 is 13.6 Å². The molecule has 6 nitrogen and oxygen atoms in total. The molecular formula is C20H22F2N4O2. The molecular weight excluding hydrogens is 366 g/mol. The normalized spacial score (nSPS) is 11.4. The van der Waals surface area contributed by atoms with Crippen LogP contribution in [0, 0.1) is 13.8 Å². The fraction of sp³-hybridized carbons (Fsp3) is 0.350. The van der Waals surface area contributed by atoms with E-state index in [-0.39, 0.29) is 35.5 Å². The molecule has 0 aliphatic heterocycles. The SMILES string of the molecule is CCn1cc2c(C(F)F)cc(=O)n(CCC(=O)Nc3ccc(C)cc3C)c2n1. The molecule has 0 fully saturated rings. The summed E-state index contributed by atoms with van der Waals surface area (Å²) in [6.45, 7) is 6.23. The van der Waals surface area contributed by atoms with E-state index < -0.39 is 12.0 Å². The van der Waals surface area contributed by atoms with Gasteiger partial charge in [-0.25, -0.2) is 8.78 Å². The summed E-state index contributed by atoms with van der Waals surface area (Å²) in [6.07, 6.45) is -1.25. The van der Waals surface area contributed by atoms with Crippen molar-refractivity contribution in [2.45, 2.75) is 46.7 Å². The Hall–Kier alpha value is -3.03. The van der Waals surface area contributed by atoms with Crippen LogP contribution in [-0.4, -0.2) is 20.3 Å². The molecule has 148 valence electrons. The van der Waals surface area contributed by atoms with Gasteiger partial charge in [0.2, 0.25) is 5.91 Å². The Kier molecular flexibility index (Phi) is 5.58. The van der Waals surface area contributed by atoms with Gasteiger partial charge in [-0.2, -0.15) is 5.10 Å². The first-order valence-electron chi connectivity index (χ1n) is 9.06. The van der Waals surface area contributed by atoms with Crippen molar-refractivity contribution >= 4 is 22.6 Å². The molecule has 8 heteroatoms. The number of aryl methyl sites for hydroxylation is 4. The molecule has 0 spiro atoms. The van der Waals surface area contributed by atoms with Gasteiger partial charge in [0.1, 0.15) is 0 Å². The van der Waals surface area contributed by atoms with Crippen molar-refractivity contribution in [1.29, 1.82) is 0 Å². The topological polar surface area (TPSA) is 68.9 Å². The highest BCUT2D eigenvalue weighted by Gasteiger charge is 2.19. The number of benzene rings is 1. The molecule has 1 aromatic carbocycles. The van der Waals surface area contributed by atoms with Gasteiger partial charge in [-0.3, -0.25) is 18.8 Å². The van der Waals surface area contributed by atoms with Crippen LogP contribution in [0.15, 0.2) is 35.3 Å². The molecule has 0 unspecified atom stereocenters. The van der Waals surface area contributed by atoms with Crippen LogP contribution in [0.1, 0.15) is 36.5 Å². The first-order chi connectivity index (χ1) is 13.3. The molecule has 1 N–H and O–H groups in total. The molecule has 1 amide bonds. The van der Waals surface area contributed by atoms with Gasteiger partial charge >= 0.3 is 0 Å². The van der Waals surface area contributed by atoms with Gasteiger partial charge in [0.25, 0.3) is 12.0 Å². The number of fused-ring (bicyclic) bond motifs is 1. The Morgan fingerprint density at radius 2 is 2.00 bits per heavy atom. The zero-order valence-corrected chi connectivity index (χ0v) is 16.0. The van der Waals surface area contributed by atoms with E-state index in [4.69, 9.17) is 0 Å². The second-order valence-corrected chi connectivity index (χ2v) is 6.73. The lowest BCUT2D eigenvalue weighted by Crippen LogP contribution is -2.24. The number of rotatable bonds is 6. The lowest BCUT2D eigenvalue weighted by atomic mass is 10.1. The van der Waals surface area contributed by atoms with E-state index in [0.717, 1.165) is 17.2 Å². The van der Waals surface area contributed by atoms with Crippen molar-refractivity contribution in [3.8, 4) is 0 Å². The molecule has 3 rings (SSSR count). The van der Waals surface area contributed by atoms with E-state index in [2.05, 4.69) is 10.4 Å². The Labute approximate surface area is 160 Å². The molecule has 2 aromatic heterocycles. The number of carbonyl (C=O) groups is 1. The second-order valence-electron chi connectivity index (χ2n) is 6.73. The first kappa shape index (κ1) is 19.7. The van der Waals surface area contributed by atoms with Crippen LogP contribution < -0.4 is 10.9 Å². The van der Waals surface area contributed by atoms with E-state index in [1.165, 1.54) is 15.4 Å². The summed E-state index contributed by atoms with van der Waals surface area (Å²) in [5.74, 6) is -0.264. The summed E-state index contributed by atoms with van der Waals surface area (Å²) in [5.41, 5.74) is 1.98. The highest BCUT2D eigenvalue weighted by atomic mass is 19.3. The van der Waals surface area contributed by atoms with E-state index >= 15 is 0 Å². The zero-order valence-electron chi connectivity index (χ0n) is 16.0. The maximum Gasteiger partial charge on any atom is 0.264 e. The minimum atomic E-state index is -2.77. The number of alkyl halides is 2. The Morgan fingerprint density at radius 1 is 1.25 bits per heavy atom. The van der Waals surface area contributed by atoms with Gasteiger partial charge in [0.15, 0.2) is 5.65 Å². The monoisotopic (exact) mass is 388 g/mol. The smallest absolute Gasteiger partial charge is 0.264 e. The average Bonchev–Trinajstić information content (AvgIpc) is 3.06. The Bertz CT molecular complexity index is 1090. The maximum absolute atomic E-state index is 13.3. The average molecular weight is 388 g/mol. The standard InChI is InChI=1S/C20H22F2N4O2/c1-4-25-11-15-14(19(21)22)10-18(28)26(20(15)24-25)8-7-17(27)23-16-6-5-12(2)9-13(16)3/h5-6,9-11,19H,4,7-8H2,1-3H3,(H,23,27). The summed E-state index contributed by atoms with van der Waals surface area (Å²) < 4.78 is 29.4. The Balaban J connectivity index is 1.85. The summed E-state index contributed by atoms with van der Waals surface area (Å²) in [7, 11) is 0. The van der Waals surface area contributed by atoms with Crippen LogP contribution >= 0.6 is 0 Å². The maximum atomic E-state index is 13.3. The molecule has 0 bridgehead atoms. The number of anilines is 1. The number of hydrogen-bond acceptors (Lipinski definition) is 3. The molecule has 2 heterocycles. The summed E-state index contributed by atoms with van der Waals surface area (Å²) in [6, 6.07) is 6.62. The van der Waals surface area contributed by atoms with Gasteiger partial charge in [0.05, 0.1) is 0 Å². The third kappa shape index (κ3) is 3.95. The van der Waals surface area contributed by atoms with Gasteiger partial charge in [-0.15, -0.1) is 0 Å². The van der Waals surface area contributed by atoms with E-state index in [9.17, 15) is 18.4 Å². The largest absolute Gasteiger partial charge is 0.326 e. The van der Waals surface area contributed by atoms with Crippen molar-refractivity contribution in [2.75, 3.05) is 5.32 Å². The molecule has 0 saturated heterocycles. The lowest BCUT2D eigenvalue weighted by Gasteiger charge is -2.11. The predicted octanol–water partition coefficient (Wildman–Crippen LogP) is 3.80. The number of halogens is 2. The van der Waals surface area contributed by atoms with Crippen LogP contribution in [0.5, 0.6) is 0 Å². The number of pyridine rings is 1. The summed E-state index contributed by atoms with van der Waals surface area (Å²) in [5, 5.41) is 7.28. The number of amides is 1. The number of hydrogen-bond donors (Lipinski definition) is 1. The van der Waals surface area contributed by atoms with Gasteiger partial charge in [0, 0.05) is 48.4 Å². The van der Waals surface area contributed by atoms with Crippen molar-refractivity contribution in [2.24, 2.45) is 0 Å². The number of aromatic nitrogens is 3. The highest BCUT2D eigenvalue weighted by Crippen LogP contribution is 2.26. The van der Waals surface area contributed by atoms with E-state index in [0.29, 0.717) is 12.2 Å². The van der Waals surface area contributed by atoms with E-state index in [1.807, 2.05) is 39.0 Å². The minimum absolute atomic E-state index is 0.0231. The van der Waals surface area contributed by atoms with Gasteiger partial charge in [-0.05, 0) is 32.4 Å². The predicted molar refractivity (Wildman–Crippen MR) is 104 cm³/mol. The first-order valence-corrected chi connectivity index (χ1v) is 9.06. The molecule has 28 heavy (non-hydrogen) atoms. The highest BCUT2D eigenvalue weighted by molar-refractivity contribution is 5.91. The van der Waals surface area contributed by atoms with Crippen LogP contribution in [-0.2, 0) is 17.9 Å². The van der Waals surface area contributed by atoms with Crippen LogP contribution in [0.2, 0.25) is 0 Å². The van der Waals surface area contributed by atoms with Crippen molar-refractivity contribution in [3.63, 3.8) is 0 Å². The molecule has 0 radical (unpaired) electrons. The summed E-state index contributed by atoms with van der Waals surface area (Å²) in [4.78, 5) is 24.7. The van der Waals surface area contributed by atoms with Crippen LogP contribution in [0.3, 0.4) is 0 Å². The summed E-state index contributed by atoms with van der Waals surface area (Å²) >= 11 is 0. The quantitative estimate of drug-likeness (QED) is 0.698. The Morgan fingerprint density at radius 3 is 2.64 bits per heavy atom. The third-order valence-electron chi connectivity index (χ3n) is 4.63. The number of carbonyl (C=O) groups excluding carboxylic acids is 1. The van der Waals surface area contributed by atoms with Crippen LogP contribution in [0.4, 0.5) is 14.5 Å². The fourth-order valence-electron chi connectivity index (χ4n) is 3.15.